The lowest BCUT2D eigenvalue weighted by molar-refractivity contribution is -0.277. The van der Waals surface area contributed by atoms with Crippen molar-refractivity contribution in [1.29, 1.82) is 0 Å². The molecule has 238 valence electrons. The second-order valence-corrected chi connectivity index (χ2v) is 9.81. The van der Waals surface area contributed by atoms with E-state index in [0.717, 1.165) is 13.2 Å². The van der Waals surface area contributed by atoms with Crippen molar-refractivity contribution in [3.63, 3.8) is 0 Å². The van der Waals surface area contributed by atoms with Gasteiger partial charge in [-0.2, -0.15) is 0 Å². The van der Waals surface area contributed by atoms with Crippen LogP contribution >= 0.6 is 0 Å². The number of aliphatic hydroxyl groups is 8. The van der Waals surface area contributed by atoms with Gasteiger partial charge in [-0.1, -0.05) is 18.2 Å². The summed E-state index contributed by atoms with van der Waals surface area (Å²) in [4.78, 5) is 13.1. The Balaban J connectivity index is 1.50. The normalized spacial score (nSPS) is 32.6. The lowest BCUT2D eigenvalue weighted by atomic mass is 9.99. The van der Waals surface area contributed by atoms with E-state index in [-0.39, 0.29) is 22.8 Å². The molecule has 2 aromatic carbocycles. The Bertz CT molecular complexity index is 1240. The summed E-state index contributed by atoms with van der Waals surface area (Å²) in [5.74, 6) is -2.13. The van der Waals surface area contributed by atoms with Gasteiger partial charge in [-0.05, 0) is 18.2 Å². The minimum absolute atomic E-state index is 0.0653. The maximum absolute atomic E-state index is 13.1. The van der Waals surface area contributed by atoms with Gasteiger partial charge in [0.2, 0.25) is 12.6 Å². The van der Waals surface area contributed by atoms with Gasteiger partial charge >= 0.3 is 5.97 Å². The van der Waals surface area contributed by atoms with Crippen molar-refractivity contribution in [2.75, 3.05) is 20.3 Å². The molecule has 0 unspecified atom stereocenters. The summed E-state index contributed by atoms with van der Waals surface area (Å²) in [5.41, 5.74) is -0.211. The molecule has 43 heavy (non-hydrogen) atoms. The molecule has 0 spiro atoms. The Morgan fingerprint density at radius 2 is 1.28 bits per heavy atom. The number of aliphatic hydroxyl groups excluding tert-OH is 8. The highest BCUT2D eigenvalue weighted by molar-refractivity contribution is 5.96. The number of carbonyl (C=O) groups is 1. The van der Waals surface area contributed by atoms with E-state index in [1.807, 2.05) is 0 Å². The maximum Gasteiger partial charge on any atom is 0.346 e. The third-order valence-corrected chi connectivity index (χ3v) is 7.02. The molecule has 0 aromatic heterocycles. The summed E-state index contributed by atoms with van der Waals surface area (Å²) in [6, 6.07) is 8.40. The van der Waals surface area contributed by atoms with Crippen molar-refractivity contribution >= 4 is 5.97 Å². The SMILES string of the molecule is COc1c(O[C@@H]2O[C@H](CO)[C@@H](O)[C@H](O)[C@H]2O)ccc(O)c1C(=O)OCc1ccccc1O[C@@H]1O[C@H](CO)[C@@H](O)[C@H](O)[C@H]1O. The minimum atomic E-state index is -1.76. The number of hydrogen-bond donors (Lipinski definition) is 9. The molecule has 4 rings (SSSR count). The first-order valence-electron chi connectivity index (χ1n) is 13.1. The number of ether oxygens (including phenoxy) is 6. The Morgan fingerprint density at radius 1 is 0.744 bits per heavy atom. The van der Waals surface area contributed by atoms with Crippen LogP contribution in [0.15, 0.2) is 36.4 Å². The quantitative estimate of drug-likeness (QED) is 0.122. The van der Waals surface area contributed by atoms with Crippen molar-refractivity contribution < 1.29 is 79.2 Å². The number of phenolic OH excluding ortho intramolecular Hbond substituents is 1. The van der Waals surface area contributed by atoms with E-state index in [0.29, 0.717) is 0 Å². The second-order valence-electron chi connectivity index (χ2n) is 9.81. The third kappa shape index (κ3) is 6.78. The van der Waals surface area contributed by atoms with Crippen molar-refractivity contribution in [2.45, 2.75) is 68.0 Å². The smallest absolute Gasteiger partial charge is 0.346 e. The van der Waals surface area contributed by atoms with Gasteiger partial charge in [0, 0.05) is 5.56 Å². The predicted octanol–water partition coefficient (Wildman–Crippen LogP) is -2.88. The van der Waals surface area contributed by atoms with Crippen LogP contribution in [0.4, 0.5) is 0 Å². The summed E-state index contributed by atoms with van der Waals surface area (Å²) in [6.07, 6.45) is -15.6. The highest BCUT2D eigenvalue weighted by atomic mass is 16.7. The summed E-state index contributed by atoms with van der Waals surface area (Å²) >= 11 is 0. The average Bonchev–Trinajstić information content (AvgIpc) is 3.01. The average molecular weight is 615 g/mol. The lowest BCUT2D eigenvalue weighted by Crippen LogP contribution is -2.60. The number of carbonyl (C=O) groups excluding carboxylic acids is 1. The topological polar surface area (TPSA) is 255 Å². The van der Waals surface area contributed by atoms with E-state index in [1.54, 1.807) is 12.1 Å². The zero-order chi connectivity index (χ0) is 31.4. The van der Waals surface area contributed by atoms with E-state index in [2.05, 4.69) is 0 Å². The van der Waals surface area contributed by atoms with Gasteiger partial charge in [0.1, 0.15) is 72.5 Å². The molecule has 2 saturated heterocycles. The van der Waals surface area contributed by atoms with Gasteiger partial charge in [-0.25, -0.2) is 4.79 Å². The molecule has 9 N–H and O–H groups in total. The van der Waals surface area contributed by atoms with Gasteiger partial charge in [0.25, 0.3) is 0 Å². The van der Waals surface area contributed by atoms with Crippen LogP contribution in [0.5, 0.6) is 23.0 Å². The van der Waals surface area contributed by atoms with Crippen LogP contribution in [0.2, 0.25) is 0 Å². The molecule has 0 radical (unpaired) electrons. The largest absolute Gasteiger partial charge is 0.507 e. The van der Waals surface area contributed by atoms with Gasteiger partial charge < -0.3 is 74.4 Å². The molecular formula is C27H34O16. The Hall–Kier alpha value is -3.29. The van der Waals surface area contributed by atoms with Crippen LogP contribution in [0.25, 0.3) is 0 Å². The van der Waals surface area contributed by atoms with Crippen molar-refractivity contribution in [2.24, 2.45) is 0 Å². The molecule has 0 bridgehead atoms. The first-order valence-corrected chi connectivity index (χ1v) is 13.1. The zero-order valence-corrected chi connectivity index (χ0v) is 22.7. The number of esters is 1. The predicted molar refractivity (Wildman–Crippen MR) is 139 cm³/mol. The number of aromatic hydroxyl groups is 1. The molecule has 2 aliphatic heterocycles. The van der Waals surface area contributed by atoms with Crippen molar-refractivity contribution in [3.8, 4) is 23.0 Å². The molecular weight excluding hydrogens is 580 g/mol. The number of methoxy groups -OCH3 is 1. The van der Waals surface area contributed by atoms with Gasteiger partial charge in [-0.15, -0.1) is 0 Å². The summed E-state index contributed by atoms with van der Waals surface area (Å²) in [6.45, 7) is -1.79. The lowest BCUT2D eigenvalue weighted by Gasteiger charge is -2.39. The number of phenols is 1. The van der Waals surface area contributed by atoms with Crippen LogP contribution in [-0.2, 0) is 20.8 Å². The first-order chi connectivity index (χ1) is 20.5. The molecule has 0 saturated carbocycles. The fraction of sp³-hybridized carbons (Fsp3) is 0.519. The van der Waals surface area contributed by atoms with Crippen LogP contribution in [0, 0.1) is 0 Å². The molecule has 16 nitrogen and oxygen atoms in total. The number of rotatable bonds is 10. The van der Waals surface area contributed by atoms with Gasteiger partial charge in [-0.3, -0.25) is 0 Å². The zero-order valence-electron chi connectivity index (χ0n) is 22.7. The summed E-state index contributed by atoms with van der Waals surface area (Å²) in [5, 5.41) is 90.0. The summed E-state index contributed by atoms with van der Waals surface area (Å²) < 4.78 is 32.6. The fourth-order valence-electron chi connectivity index (χ4n) is 4.58. The van der Waals surface area contributed by atoms with Crippen molar-refractivity contribution in [1.82, 2.24) is 0 Å². The first kappa shape index (κ1) is 32.6. The van der Waals surface area contributed by atoms with Crippen LogP contribution in [0.1, 0.15) is 15.9 Å². The Labute approximate surface area is 244 Å². The Morgan fingerprint density at radius 3 is 1.81 bits per heavy atom. The van der Waals surface area contributed by atoms with Gasteiger partial charge in [0.15, 0.2) is 11.5 Å². The molecule has 0 aliphatic carbocycles. The highest BCUT2D eigenvalue weighted by Crippen LogP contribution is 2.39. The number of hydrogen-bond acceptors (Lipinski definition) is 16. The third-order valence-electron chi connectivity index (χ3n) is 7.02. The minimum Gasteiger partial charge on any atom is -0.507 e. The maximum atomic E-state index is 13.1. The molecule has 16 heteroatoms. The highest BCUT2D eigenvalue weighted by Gasteiger charge is 2.46. The van der Waals surface area contributed by atoms with Crippen LogP contribution < -0.4 is 14.2 Å². The van der Waals surface area contributed by atoms with E-state index in [1.165, 1.54) is 18.2 Å². The molecule has 2 aromatic rings. The van der Waals surface area contributed by atoms with Crippen LogP contribution in [-0.4, -0.2) is 134 Å². The monoisotopic (exact) mass is 614 g/mol. The number of benzene rings is 2. The molecule has 0 amide bonds. The van der Waals surface area contributed by atoms with Crippen molar-refractivity contribution in [3.05, 3.63) is 47.5 Å². The second kappa shape index (κ2) is 14.0. The number of para-hydroxylation sites is 1. The molecule has 10 atom stereocenters. The molecule has 2 heterocycles. The summed E-state index contributed by atoms with van der Waals surface area (Å²) in [7, 11) is 1.16. The van der Waals surface area contributed by atoms with E-state index >= 15 is 0 Å². The van der Waals surface area contributed by atoms with E-state index in [4.69, 9.17) is 28.4 Å². The standard InChI is InChI=1S/C27H34O16/c1-38-24-14(41-27-23(36)21(34)19(32)16(9-29)43-27)7-6-12(30)17(24)25(37)39-10-11-4-2-3-5-13(11)40-26-22(35)20(33)18(31)15(8-28)42-26/h2-7,15-16,18-23,26-36H,8-10H2,1H3/t15-,16-,18-,19-,20+,21+,22-,23-,26-,27-/m1/s1. The van der Waals surface area contributed by atoms with E-state index in [9.17, 15) is 50.8 Å². The molecule has 2 fully saturated rings. The molecule has 2 aliphatic rings. The Kier molecular flexibility index (Phi) is 10.6. The van der Waals surface area contributed by atoms with Crippen LogP contribution in [0.3, 0.4) is 0 Å². The van der Waals surface area contributed by atoms with E-state index < -0.39 is 98.5 Å². The van der Waals surface area contributed by atoms with Gasteiger partial charge in [0.05, 0.1) is 20.3 Å². The fourth-order valence-corrected chi connectivity index (χ4v) is 4.58.